The molecule has 2 atom stereocenters. The van der Waals surface area contributed by atoms with Crippen molar-refractivity contribution < 1.29 is 23.1 Å². The monoisotopic (exact) mass is 374 g/mol. The molecule has 1 aromatic rings. The zero-order valence-electron chi connectivity index (χ0n) is 15.3. The Labute approximate surface area is 147 Å². The molecule has 1 unspecified atom stereocenters. The zero-order chi connectivity index (χ0) is 19.5. The van der Waals surface area contributed by atoms with Crippen molar-refractivity contribution in [1.29, 1.82) is 0 Å². The van der Waals surface area contributed by atoms with Crippen LogP contribution < -0.4 is 10.0 Å². The lowest BCUT2D eigenvalue weighted by molar-refractivity contribution is -0.142. The summed E-state index contributed by atoms with van der Waals surface area (Å²) in [5.74, 6) is -1.79. The minimum atomic E-state index is -3.97. The summed E-state index contributed by atoms with van der Waals surface area (Å²) in [6.07, 6.45) is 0.251. The van der Waals surface area contributed by atoms with Crippen molar-refractivity contribution in [1.82, 2.24) is 19.8 Å². The third-order valence-corrected chi connectivity index (χ3v) is 5.55. The van der Waals surface area contributed by atoms with Crippen molar-refractivity contribution >= 4 is 21.9 Å². The molecule has 0 aliphatic rings. The Bertz CT molecular complexity index is 754. The quantitative estimate of drug-likeness (QED) is 0.601. The molecule has 0 spiro atoms. The molecule has 9 nitrogen and oxygen atoms in total. The summed E-state index contributed by atoms with van der Waals surface area (Å²) in [6, 6.07) is -2.20. The lowest BCUT2D eigenvalue weighted by Crippen LogP contribution is -2.50. The highest BCUT2D eigenvalue weighted by Gasteiger charge is 2.29. The van der Waals surface area contributed by atoms with E-state index >= 15 is 0 Å². The Morgan fingerprint density at radius 2 is 1.80 bits per heavy atom. The van der Waals surface area contributed by atoms with Gasteiger partial charge in [-0.2, -0.15) is 9.82 Å². The predicted octanol–water partition coefficient (Wildman–Crippen LogP) is 0.319. The van der Waals surface area contributed by atoms with Crippen molar-refractivity contribution in [2.24, 2.45) is 13.0 Å². The standard InChI is InChI=1S/C15H26N4O5S/c1-8(2)7-12(15(21)22)16-14(20)10(4)18-25(23,24)13-9(3)17-19(6)11(13)5/h8,10,12,18H,7H2,1-6H3,(H,16,20)(H,21,22)/t10?,12-/m1/s1. The minimum Gasteiger partial charge on any atom is -0.480 e. The molecule has 3 N–H and O–H groups in total. The van der Waals surface area contributed by atoms with Crippen LogP contribution >= 0.6 is 0 Å². The van der Waals surface area contributed by atoms with E-state index in [0.29, 0.717) is 11.4 Å². The molecule has 142 valence electrons. The molecule has 0 saturated heterocycles. The lowest BCUT2D eigenvalue weighted by Gasteiger charge is -2.20. The van der Waals surface area contributed by atoms with Gasteiger partial charge < -0.3 is 10.4 Å². The van der Waals surface area contributed by atoms with E-state index in [2.05, 4.69) is 15.1 Å². The van der Waals surface area contributed by atoms with Crippen molar-refractivity contribution in [2.45, 2.75) is 58.0 Å². The molecule has 0 radical (unpaired) electrons. The normalized spacial score (nSPS) is 14.4. The van der Waals surface area contributed by atoms with E-state index < -0.39 is 34.0 Å². The Morgan fingerprint density at radius 3 is 2.20 bits per heavy atom. The first-order valence-electron chi connectivity index (χ1n) is 7.92. The zero-order valence-corrected chi connectivity index (χ0v) is 16.1. The Balaban J connectivity index is 2.91. The highest BCUT2D eigenvalue weighted by atomic mass is 32.2. The number of nitrogens with zero attached hydrogens (tertiary/aromatic N) is 2. The van der Waals surface area contributed by atoms with Crippen LogP contribution in [0, 0.1) is 19.8 Å². The van der Waals surface area contributed by atoms with E-state index in [0.717, 1.165) is 0 Å². The summed E-state index contributed by atoms with van der Waals surface area (Å²) in [6.45, 7) is 8.21. The van der Waals surface area contributed by atoms with E-state index in [1.807, 2.05) is 13.8 Å². The molecule has 25 heavy (non-hydrogen) atoms. The molecular weight excluding hydrogens is 348 g/mol. The average molecular weight is 374 g/mol. The van der Waals surface area contributed by atoms with Gasteiger partial charge >= 0.3 is 5.97 Å². The first-order valence-corrected chi connectivity index (χ1v) is 9.40. The maximum atomic E-state index is 12.5. The average Bonchev–Trinajstić information content (AvgIpc) is 2.70. The Kier molecular flexibility index (Phi) is 6.72. The second-order valence-corrected chi connectivity index (χ2v) is 8.15. The van der Waals surface area contributed by atoms with E-state index in [1.165, 1.54) is 11.6 Å². The number of hydrogen-bond acceptors (Lipinski definition) is 5. The third-order valence-electron chi connectivity index (χ3n) is 3.76. The molecule has 0 aliphatic carbocycles. The van der Waals surface area contributed by atoms with Crippen LogP contribution in [0.25, 0.3) is 0 Å². The molecular formula is C15H26N4O5S. The molecule has 0 aliphatic heterocycles. The minimum absolute atomic E-state index is 0.0200. The highest BCUT2D eigenvalue weighted by Crippen LogP contribution is 2.18. The third kappa shape index (κ3) is 5.27. The predicted molar refractivity (Wildman–Crippen MR) is 91.5 cm³/mol. The van der Waals surface area contributed by atoms with Crippen LogP contribution in [0.1, 0.15) is 38.6 Å². The van der Waals surface area contributed by atoms with Gasteiger partial charge in [-0.05, 0) is 33.1 Å². The number of hydrogen-bond donors (Lipinski definition) is 3. The largest absolute Gasteiger partial charge is 0.480 e. The van der Waals surface area contributed by atoms with Crippen molar-refractivity contribution in [2.75, 3.05) is 0 Å². The smallest absolute Gasteiger partial charge is 0.326 e. The van der Waals surface area contributed by atoms with E-state index in [1.54, 1.807) is 20.9 Å². The van der Waals surface area contributed by atoms with Gasteiger partial charge in [0.25, 0.3) is 0 Å². The van der Waals surface area contributed by atoms with Crippen LogP contribution in [0.2, 0.25) is 0 Å². The molecule has 1 aromatic heterocycles. The van der Waals surface area contributed by atoms with Gasteiger partial charge in [0, 0.05) is 7.05 Å². The van der Waals surface area contributed by atoms with Crippen molar-refractivity contribution in [3.8, 4) is 0 Å². The number of amides is 1. The molecule has 0 fully saturated rings. The maximum absolute atomic E-state index is 12.5. The van der Waals surface area contributed by atoms with E-state index in [4.69, 9.17) is 0 Å². The number of carbonyl (C=O) groups excluding carboxylic acids is 1. The van der Waals surface area contributed by atoms with Crippen LogP contribution in [-0.2, 0) is 26.7 Å². The number of carbonyl (C=O) groups is 2. The summed E-state index contributed by atoms with van der Waals surface area (Å²) in [5.41, 5.74) is 0.768. The topological polar surface area (TPSA) is 130 Å². The molecule has 1 heterocycles. The van der Waals surface area contributed by atoms with Crippen LogP contribution in [0.5, 0.6) is 0 Å². The van der Waals surface area contributed by atoms with Crippen LogP contribution in [0.4, 0.5) is 0 Å². The number of aliphatic carboxylic acids is 1. The van der Waals surface area contributed by atoms with Crippen molar-refractivity contribution in [3.63, 3.8) is 0 Å². The van der Waals surface area contributed by atoms with Gasteiger partial charge in [0.1, 0.15) is 10.9 Å². The van der Waals surface area contributed by atoms with Crippen LogP contribution in [0.15, 0.2) is 4.90 Å². The van der Waals surface area contributed by atoms with E-state index in [9.17, 15) is 23.1 Å². The molecule has 1 rings (SSSR count). The Morgan fingerprint density at radius 1 is 1.24 bits per heavy atom. The molecule has 10 heteroatoms. The first-order chi connectivity index (χ1) is 11.4. The van der Waals surface area contributed by atoms with Gasteiger partial charge in [-0.1, -0.05) is 13.8 Å². The van der Waals surface area contributed by atoms with Gasteiger partial charge in [-0.25, -0.2) is 13.2 Å². The summed E-state index contributed by atoms with van der Waals surface area (Å²) in [4.78, 5) is 23.4. The number of nitrogens with one attached hydrogen (secondary N) is 2. The SMILES string of the molecule is Cc1nn(C)c(C)c1S(=O)(=O)NC(C)C(=O)N[C@H](CC(C)C)C(=O)O. The van der Waals surface area contributed by atoms with Gasteiger partial charge in [0.15, 0.2) is 0 Å². The van der Waals surface area contributed by atoms with Gasteiger partial charge in [0.05, 0.1) is 17.4 Å². The summed E-state index contributed by atoms with van der Waals surface area (Å²) in [5, 5.41) is 15.6. The molecule has 0 aromatic carbocycles. The molecule has 1 amide bonds. The molecule has 0 bridgehead atoms. The fraction of sp³-hybridized carbons (Fsp3) is 0.667. The van der Waals surface area contributed by atoms with Crippen LogP contribution in [0.3, 0.4) is 0 Å². The fourth-order valence-electron chi connectivity index (χ4n) is 2.48. The summed E-state index contributed by atoms with van der Waals surface area (Å²) in [7, 11) is -2.34. The Hall–Kier alpha value is -1.94. The second kappa shape index (κ2) is 7.96. The number of carboxylic acids is 1. The molecule has 0 saturated carbocycles. The number of carboxylic acid groups (broad SMARTS) is 1. The summed E-state index contributed by atoms with van der Waals surface area (Å²) < 4.78 is 28.8. The number of aryl methyl sites for hydroxylation is 2. The highest BCUT2D eigenvalue weighted by molar-refractivity contribution is 7.89. The number of aromatic nitrogens is 2. The maximum Gasteiger partial charge on any atom is 0.326 e. The van der Waals surface area contributed by atoms with Gasteiger partial charge in [-0.15, -0.1) is 0 Å². The summed E-state index contributed by atoms with van der Waals surface area (Å²) >= 11 is 0. The van der Waals surface area contributed by atoms with Gasteiger partial charge in [-0.3, -0.25) is 9.48 Å². The second-order valence-electron chi connectivity index (χ2n) is 6.50. The number of rotatable bonds is 8. The lowest BCUT2D eigenvalue weighted by atomic mass is 10.0. The number of sulfonamides is 1. The fourth-order valence-corrected chi connectivity index (χ4v) is 4.12. The first kappa shape index (κ1) is 21.1. The van der Waals surface area contributed by atoms with Gasteiger partial charge in [0.2, 0.25) is 15.9 Å². The van der Waals surface area contributed by atoms with Crippen LogP contribution in [-0.4, -0.2) is 47.3 Å². The van der Waals surface area contributed by atoms with E-state index in [-0.39, 0.29) is 17.2 Å². The van der Waals surface area contributed by atoms with Crippen molar-refractivity contribution in [3.05, 3.63) is 11.4 Å².